The topological polar surface area (TPSA) is 0 Å². The molecule has 0 aromatic carbocycles. The second-order valence-corrected chi connectivity index (χ2v) is 3.47. The Morgan fingerprint density at radius 1 is 1.22 bits per heavy atom. The van der Waals surface area contributed by atoms with E-state index in [1.807, 2.05) is 0 Å². The van der Waals surface area contributed by atoms with E-state index in [0.717, 1.165) is 6.92 Å². The molecule has 0 aromatic rings. The summed E-state index contributed by atoms with van der Waals surface area (Å²) in [4.78, 5) is 0. The second kappa shape index (κ2) is 2.52. The van der Waals surface area contributed by atoms with E-state index in [0.29, 0.717) is 5.33 Å². The van der Waals surface area contributed by atoms with Crippen LogP contribution in [0.4, 0.5) is 8.78 Å². The molecule has 0 saturated carbocycles. The van der Waals surface area contributed by atoms with Crippen molar-refractivity contribution in [2.24, 2.45) is 5.41 Å². The van der Waals surface area contributed by atoms with Gasteiger partial charge in [0.15, 0.2) is 0 Å². The molecule has 9 heavy (non-hydrogen) atoms. The van der Waals surface area contributed by atoms with Gasteiger partial charge in [0, 0.05) is 10.7 Å². The summed E-state index contributed by atoms with van der Waals surface area (Å²) in [7, 11) is 0. The lowest BCUT2D eigenvalue weighted by Gasteiger charge is -2.28. The Kier molecular flexibility index (Phi) is 2.62. The van der Waals surface area contributed by atoms with Crippen LogP contribution in [0.2, 0.25) is 0 Å². The molecule has 0 nitrogen and oxygen atoms in total. The van der Waals surface area contributed by atoms with E-state index in [9.17, 15) is 8.78 Å². The van der Waals surface area contributed by atoms with Gasteiger partial charge in [0.2, 0.25) is 0 Å². The van der Waals surface area contributed by atoms with Crippen molar-refractivity contribution in [1.29, 1.82) is 0 Å². The first-order valence-corrected chi connectivity index (χ1v) is 3.87. The van der Waals surface area contributed by atoms with E-state index in [2.05, 4.69) is 15.9 Å². The summed E-state index contributed by atoms with van der Waals surface area (Å²) in [6, 6.07) is 0. The summed E-state index contributed by atoms with van der Waals surface area (Å²) in [5, 5.41) is 0.323. The van der Waals surface area contributed by atoms with Crippen LogP contribution >= 0.6 is 15.9 Å². The van der Waals surface area contributed by atoms with Crippen molar-refractivity contribution < 1.29 is 8.78 Å². The minimum Gasteiger partial charge on any atom is -0.207 e. The quantitative estimate of drug-likeness (QED) is 0.602. The lowest BCUT2D eigenvalue weighted by atomic mass is 9.89. The van der Waals surface area contributed by atoms with Gasteiger partial charge >= 0.3 is 0 Å². The molecule has 0 fully saturated rings. The van der Waals surface area contributed by atoms with Gasteiger partial charge in [-0.2, -0.15) is 0 Å². The molecular formula is C6H11BrF2. The van der Waals surface area contributed by atoms with Gasteiger partial charge in [-0.25, -0.2) is 8.78 Å². The Hall–Kier alpha value is 0.340. The molecule has 0 atom stereocenters. The van der Waals surface area contributed by atoms with Gasteiger partial charge in [0.1, 0.15) is 0 Å². The highest BCUT2D eigenvalue weighted by molar-refractivity contribution is 9.09. The second-order valence-electron chi connectivity index (χ2n) is 2.91. The third-order valence-corrected chi connectivity index (χ3v) is 2.92. The molecule has 3 heteroatoms. The van der Waals surface area contributed by atoms with Crippen LogP contribution in [0.15, 0.2) is 0 Å². The lowest BCUT2D eigenvalue weighted by molar-refractivity contribution is -0.0753. The van der Waals surface area contributed by atoms with Crippen LogP contribution in [0.25, 0.3) is 0 Å². The standard InChI is InChI=1S/C6H11BrF2/c1-5(2,4-7)6(3,8)9/h4H2,1-3H3. The Labute approximate surface area is 62.8 Å². The first kappa shape index (κ1) is 9.34. The van der Waals surface area contributed by atoms with Gasteiger partial charge in [0.25, 0.3) is 5.92 Å². The normalized spacial score (nSPS) is 14.0. The molecule has 0 aliphatic heterocycles. The van der Waals surface area contributed by atoms with Gasteiger partial charge in [-0.3, -0.25) is 0 Å². The van der Waals surface area contributed by atoms with Crippen molar-refractivity contribution in [2.75, 3.05) is 5.33 Å². The minimum absolute atomic E-state index is 0.323. The predicted molar refractivity (Wildman–Crippen MR) is 38.2 cm³/mol. The maximum Gasteiger partial charge on any atom is 0.251 e. The highest BCUT2D eigenvalue weighted by Crippen LogP contribution is 2.36. The van der Waals surface area contributed by atoms with E-state index in [1.54, 1.807) is 0 Å². The zero-order valence-corrected chi connectivity index (χ0v) is 7.43. The smallest absolute Gasteiger partial charge is 0.207 e. The van der Waals surface area contributed by atoms with E-state index < -0.39 is 11.3 Å². The third-order valence-electron chi connectivity index (χ3n) is 1.52. The van der Waals surface area contributed by atoms with Crippen molar-refractivity contribution in [2.45, 2.75) is 26.7 Å². The summed E-state index contributed by atoms with van der Waals surface area (Å²) in [6.45, 7) is 4.00. The van der Waals surface area contributed by atoms with Crippen LogP contribution in [-0.2, 0) is 0 Å². The first-order valence-electron chi connectivity index (χ1n) is 2.75. The number of alkyl halides is 3. The summed E-state index contributed by atoms with van der Waals surface area (Å²) in [6.07, 6.45) is 0. The molecule has 0 spiro atoms. The highest BCUT2D eigenvalue weighted by Gasteiger charge is 2.40. The largest absolute Gasteiger partial charge is 0.251 e. The van der Waals surface area contributed by atoms with E-state index >= 15 is 0 Å². The molecule has 0 unspecified atom stereocenters. The fraction of sp³-hybridized carbons (Fsp3) is 1.00. The summed E-state index contributed by atoms with van der Waals surface area (Å²) in [5.74, 6) is -2.60. The van der Waals surface area contributed by atoms with Crippen LogP contribution in [0.3, 0.4) is 0 Å². The van der Waals surface area contributed by atoms with E-state index in [1.165, 1.54) is 13.8 Å². The van der Waals surface area contributed by atoms with Gasteiger partial charge < -0.3 is 0 Å². The average Bonchev–Trinajstić information content (AvgIpc) is 1.64. The van der Waals surface area contributed by atoms with Crippen LogP contribution < -0.4 is 0 Å². The van der Waals surface area contributed by atoms with Crippen LogP contribution in [0, 0.1) is 5.41 Å². The predicted octanol–water partition coefficient (Wildman–Crippen LogP) is 3.06. The Morgan fingerprint density at radius 2 is 1.56 bits per heavy atom. The highest BCUT2D eigenvalue weighted by atomic mass is 79.9. The van der Waals surface area contributed by atoms with Crippen molar-refractivity contribution >= 4 is 15.9 Å². The molecule has 0 saturated heterocycles. The minimum atomic E-state index is -2.60. The van der Waals surface area contributed by atoms with Crippen molar-refractivity contribution in [3.63, 3.8) is 0 Å². The van der Waals surface area contributed by atoms with Crippen molar-refractivity contribution in [3.8, 4) is 0 Å². The zero-order valence-electron chi connectivity index (χ0n) is 5.84. The molecule has 0 bridgehead atoms. The lowest BCUT2D eigenvalue weighted by Crippen LogP contribution is -2.34. The molecule has 56 valence electrons. The SMILES string of the molecule is CC(F)(F)C(C)(C)CBr. The van der Waals surface area contributed by atoms with Gasteiger partial charge in [0.05, 0.1) is 0 Å². The molecule has 0 rings (SSSR count). The number of hydrogen-bond donors (Lipinski definition) is 0. The van der Waals surface area contributed by atoms with E-state index in [-0.39, 0.29) is 0 Å². The number of halogens is 3. The third kappa shape index (κ3) is 2.20. The van der Waals surface area contributed by atoms with Crippen LogP contribution in [-0.4, -0.2) is 11.3 Å². The average molecular weight is 201 g/mol. The number of hydrogen-bond acceptors (Lipinski definition) is 0. The monoisotopic (exact) mass is 200 g/mol. The molecule has 0 heterocycles. The molecule has 0 N–H and O–H groups in total. The van der Waals surface area contributed by atoms with Crippen molar-refractivity contribution in [3.05, 3.63) is 0 Å². The van der Waals surface area contributed by atoms with Crippen molar-refractivity contribution in [1.82, 2.24) is 0 Å². The fourth-order valence-corrected chi connectivity index (χ4v) is 0.610. The molecule has 0 aliphatic carbocycles. The van der Waals surface area contributed by atoms with Crippen LogP contribution in [0.1, 0.15) is 20.8 Å². The molecular weight excluding hydrogens is 190 g/mol. The Bertz CT molecular complexity index is 93.7. The Morgan fingerprint density at radius 3 is 1.56 bits per heavy atom. The zero-order chi connectivity index (χ0) is 7.71. The molecule has 0 amide bonds. The molecule has 0 radical (unpaired) electrons. The maximum absolute atomic E-state index is 12.5. The summed E-state index contributed by atoms with van der Waals surface area (Å²) >= 11 is 3.03. The summed E-state index contributed by atoms with van der Waals surface area (Å²) < 4.78 is 24.9. The summed E-state index contributed by atoms with van der Waals surface area (Å²) in [5.41, 5.74) is -0.938. The molecule has 0 aliphatic rings. The van der Waals surface area contributed by atoms with Gasteiger partial charge in [-0.05, 0) is 6.92 Å². The van der Waals surface area contributed by atoms with Gasteiger partial charge in [-0.15, -0.1) is 0 Å². The van der Waals surface area contributed by atoms with E-state index in [4.69, 9.17) is 0 Å². The molecule has 0 aromatic heterocycles. The number of rotatable bonds is 2. The maximum atomic E-state index is 12.5. The first-order chi connectivity index (χ1) is 3.81. The fourth-order valence-electron chi connectivity index (χ4n) is 0.117. The Balaban J connectivity index is 4.14. The van der Waals surface area contributed by atoms with Gasteiger partial charge in [-0.1, -0.05) is 29.8 Å². The van der Waals surface area contributed by atoms with Crippen LogP contribution in [0.5, 0.6) is 0 Å².